The Morgan fingerprint density at radius 1 is 1.12 bits per heavy atom. The first-order valence-corrected chi connectivity index (χ1v) is 11.2. The van der Waals surface area contributed by atoms with E-state index in [1.54, 1.807) is 45.3 Å². The Kier molecular flexibility index (Phi) is 6.95. The lowest BCUT2D eigenvalue weighted by atomic mass is 10.1. The number of hydrogen-bond acceptors (Lipinski definition) is 8. The minimum absolute atomic E-state index is 0.0668. The van der Waals surface area contributed by atoms with E-state index in [1.807, 2.05) is 30.1 Å². The molecule has 10 heteroatoms. The molecule has 1 aliphatic heterocycles. The number of methoxy groups -OCH3 is 2. The predicted octanol–water partition coefficient (Wildman–Crippen LogP) is 3.58. The van der Waals surface area contributed by atoms with E-state index in [0.717, 1.165) is 11.1 Å². The number of likely N-dealkylation sites (N-methyl/N-ethyl adjacent to an activating group) is 2. The zero-order chi connectivity index (χ0) is 24.4. The molecule has 180 valence electrons. The molecule has 4 rings (SSSR count). The summed E-state index contributed by atoms with van der Waals surface area (Å²) >= 11 is 6.27. The van der Waals surface area contributed by atoms with Gasteiger partial charge in [-0.25, -0.2) is 9.97 Å². The van der Waals surface area contributed by atoms with Gasteiger partial charge in [0.2, 0.25) is 5.91 Å². The van der Waals surface area contributed by atoms with Crippen LogP contribution in [0.3, 0.4) is 0 Å². The number of carbonyl (C=O) groups is 1. The van der Waals surface area contributed by atoms with Crippen LogP contribution in [0, 0.1) is 0 Å². The van der Waals surface area contributed by atoms with Gasteiger partial charge in [-0.05, 0) is 31.3 Å². The molecule has 0 radical (unpaired) electrons. The average Bonchev–Trinajstić information content (AvgIpc) is 3.18. The van der Waals surface area contributed by atoms with Gasteiger partial charge in [-0.2, -0.15) is 0 Å². The van der Waals surface area contributed by atoms with E-state index in [4.69, 9.17) is 25.8 Å². The predicted molar refractivity (Wildman–Crippen MR) is 132 cm³/mol. The highest BCUT2D eigenvalue weighted by Crippen LogP contribution is 2.37. The largest absolute Gasteiger partial charge is 0.495 e. The number of fused-ring (bicyclic) bond motifs is 1. The molecule has 0 spiro atoms. The van der Waals surface area contributed by atoms with Crippen LogP contribution < -0.4 is 19.5 Å². The number of amides is 1. The lowest BCUT2D eigenvalue weighted by Gasteiger charge is -2.21. The Morgan fingerprint density at radius 3 is 2.56 bits per heavy atom. The van der Waals surface area contributed by atoms with Gasteiger partial charge in [-0.1, -0.05) is 11.6 Å². The molecule has 34 heavy (non-hydrogen) atoms. The molecule has 1 saturated heterocycles. The van der Waals surface area contributed by atoms with Crippen molar-refractivity contribution >= 4 is 39.9 Å². The molecular formula is C24H28ClN5O4. The number of likely N-dealkylation sites (tertiary alicyclic amines) is 1. The number of carbonyl (C=O) groups excluding carboxylic acids is 1. The topological polar surface area (TPSA) is 89.0 Å². The van der Waals surface area contributed by atoms with Gasteiger partial charge in [0, 0.05) is 44.2 Å². The number of anilines is 2. The molecule has 1 amide bonds. The van der Waals surface area contributed by atoms with Gasteiger partial charge >= 0.3 is 0 Å². The molecule has 2 atom stereocenters. The van der Waals surface area contributed by atoms with E-state index in [0.29, 0.717) is 46.6 Å². The zero-order valence-electron chi connectivity index (χ0n) is 19.8. The Bertz CT molecular complexity index is 1210. The number of benzene rings is 2. The van der Waals surface area contributed by atoms with Gasteiger partial charge in [-0.15, -0.1) is 0 Å². The summed E-state index contributed by atoms with van der Waals surface area (Å²) in [6.45, 7) is 0.631. The highest BCUT2D eigenvalue weighted by Gasteiger charge is 2.36. The molecule has 1 fully saturated rings. The molecule has 0 aliphatic carbocycles. The Balaban J connectivity index is 1.63. The van der Waals surface area contributed by atoms with Gasteiger partial charge in [0.15, 0.2) is 11.5 Å². The number of nitrogens with one attached hydrogen (secondary N) is 1. The van der Waals surface area contributed by atoms with Gasteiger partial charge in [0.25, 0.3) is 0 Å². The Labute approximate surface area is 203 Å². The smallest absolute Gasteiger partial charge is 0.239 e. The van der Waals surface area contributed by atoms with Crippen LogP contribution in [0.15, 0.2) is 36.7 Å². The van der Waals surface area contributed by atoms with Crippen molar-refractivity contribution in [2.75, 3.05) is 47.2 Å². The van der Waals surface area contributed by atoms with Gasteiger partial charge in [0.05, 0.1) is 30.8 Å². The normalized spacial score (nSPS) is 18.1. The minimum Gasteiger partial charge on any atom is -0.495 e. The van der Waals surface area contributed by atoms with E-state index >= 15 is 0 Å². The zero-order valence-corrected chi connectivity index (χ0v) is 20.6. The van der Waals surface area contributed by atoms with Crippen LogP contribution in [0.1, 0.15) is 6.42 Å². The van der Waals surface area contributed by atoms with E-state index < -0.39 is 0 Å². The summed E-state index contributed by atoms with van der Waals surface area (Å²) in [4.78, 5) is 24.9. The van der Waals surface area contributed by atoms with E-state index in [1.165, 1.54) is 6.33 Å². The SMILES string of the molecule is COc1ccc(Nc2ncnc3cc(OC)c(O[C@H]4C[C@H](C(=O)N(C)C)N(C)C4)cc23)cc1Cl. The third-order valence-electron chi connectivity index (χ3n) is 5.86. The van der Waals surface area contributed by atoms with Crippen LogP contribution in [0.2, 0.25) is 5.02 Å². The summed E-state index contributed by atoms with van der Waals surface area (Å²) in [6, 6.07) is 8.88. The molecule has 1 aromatic heterocycles. The standard InChI is InChI=1S/C24H28ClN5O4/c1-29(2)24(31)19-9-15(12-30(19)3)34-22-10-16-18(11-21(22)33-5)26-13-27-23(16)28-14-6-7-20(32-4)17(25)8-14/h6-8,10-11,13,15,19H,9,12H2,1-5H3,(H,26,27,28)/t15-,19+/m0/s1. The highest BCUT2D eigenvalue weighted by molar-refractivity contribution is 6.32. The van der Waals surface area contributed by atoms with Crippen LogP contribution in [-0.2, 0) is 4.79 Å². The van der Waals surface area contributed by atoms with Crippen molar-refractivity contribution in [2.24, 2.45) is 0 Å². The summed E-state index contributed by atoms with van der Waals surface area (Å²) in [7, 11) is 8.63. The maximum absolute atomic E-state index is 12.5. The fraction of sp³-hybridized carbons (Fsp3) is 0.375. The average molecular weight is 486 g/mol. The summed E-state index contributed by atoms with van der Waals surface area (Å²) in [6.07, 6.45) is 1.92. The van der Waals surface area contributed by atoms with Crippen molar-refractivity contribution in [1.29, 1.82) is 0 Å². The van der Waals surface area contributed by atoms with Crippen LogP contribution in [0.25, 0.3) is 10.9 Å². The molecule has 0 saturated carbocycles. The first kappa shape index (κ1) is 23.8. The fourth-order valence-corrected chi connectivity index (χ4v) is 4.36. The van der Waals surface area contributed by atoms with Crippen LogP contribution in [0.5, 0.6) is 17.2 Å². The van der Waals surface area contributed by atoms with Gasteiger partial charge in [-0.3, -0.25) is 9.69 Å². The molecule has 1 N–H and O–H groups in total. The maximum Gasteiger partial charge on any atom is 0.239 e. The van der Waals surface area contributed by atoms with Crippen molar-refractivity contribution < 1.29 is 19.0 Å². The van der Waals surface area contributed by atoms with E-state index in [2.05, 4.69) is 15.3 Å². The lowest BCUT2D eigenvalue weighted by molar-refractivity contribution is -0.133. The van der Waals surface area contributed by atoms with Gasteiger partial charge in [0.1, 0.15) is 24.0 Å². The van der Waals surface area contributed by atoms with Crippen LogP contribution in [0.4, 0.5) is 11.5 Å². The first-order valence-electron chi connectivity index (χ1n) is 10.8. The number of halogens is 1. The highest BCUT2D eigenvalue weighted by atomic mass is 35.5. The summed E-state index contributed by atoms with van der Waals surface area (Å²) in [5.74, 6) is 2.39. The van der Waals surface area contributed by atoms with Crippen molar-refractivity contribution in [3.05, 3.63) is 41.7 Å². The number of ether oxygens (including phenoxy) is 3. The summed E-state index contributed by atoms with van der Waals surface area (Å²) in [5, 5.41) is 4.54. The third-order valence-corrected chi connectivity index (χ3v) is 6.16. The summed E-state index contributed by atoms with van der Waals surface area (Å²) in [5.41, 5.74) is 1.46. The Morgan fingerprint density at radius 2 is 1.88 bits per heavy atom. The second kappa shape index (κ2) is 9.90. The molecule has 3 aromatic rings. The third kappa shape index (κ3) is 4.80. The number of rotatable bonds is 7. The molecule has 0 bridgehead atoms. The minimum atomic E-state index is -0.216. The second-order valence-electron chi connectivity index (χ2n) is 8.38. The van der Waals surface area contributed by atoms with E-state index in [-0.39, 0.29) is 18.1 Å². The molecule has 2 heterocycles. The molecule has 2 aromatic carbocycles. The number of nitrogens with zero attached hydrogens (tertiary/aromatic N) is 4. The Hall–Kier alpha value is -3.30. The first-order chi connectivity index (χ1) is 16.3. The fourth-order valence-electron chi connectivity index (χ4n) is 4.10. The van der Waals surface area contributed by atoms with Crippen molar-refractivity contribution in [1.82, 2.24) is 19.8 Å². The van der Waals surface area contributed by atoms with Crippen LogP contribution in [-0.4, -0.2) is 79.7 Å². The van der Waals surface area contributed by atoms with Crippen molar-refractivity contribution in [3.8, 4) is 17.2 Å². The molecular weight excluding hydrogens is 458 g/mol. The van der Waals surface area contributed by atoms with Crippen molar-refractivity contribution in [3.63, 3.8) is 0 Å². The van der Waals surface area contributed by atoms with Crippen molar-refractivity contribution in [2.45, 2.75) is 18.6 Å². The summed E-state index contributed by atoms with van der Waals surface area (Å²) < 4.78 is 17.1. The molecule has 0 unspecified atom stereocenters. The number of aromatic nitrogens is 2. The monoisotopic (exact) mass is 485 g/mol. The van der Waals surface area contributed by atoms with Gasteiger partial charge < -0.3 is 24.4 Å². The lowest BCUT2D eigenvalue weighted by Crippen LogP contribution is -2.40. The number of hydrogen-bond donors (Lipinski definition) is 1. The molecule has 1 aliphatic rings. The second-order valence-corrected chi connectivity index (χ2v) is 8.79. The maximum atomic E-state index is 12.5. The molecule has 9 nitrogen and oxygen atoms in total. The quantitative estimate of drug-likeness (QED) is 0.543. The van der Waals surface area contributed by atoms with Crippen LogP contribution >= 0.6 is 11.6 Å². The van der Waals surface area contributed by atoms with E-state index in [9.17, 15) is 4.79 Å².